The lowest BCUT2D eigenvalue weighted by atomic mass is 10.1. The molecule has 1 aliphatic rings. The standard InChI is InChI=1S/C22H27NO5S/c1-3-27-19-11-9-17(10-12-19)15-23(18-13-14-29(25,26)16-18)22(24)20-7-5-6-8-21(20)28-4-2/h5-12,18H,3-4,13-16H2,1-2H3. The van der Waals surface area contributed by atoms with E-state index >= 15 is 0 Å². The molecule has 0 N–H and O–H groups in total. The lowest BCUT2D eigenvalue weighted by molar-refractivity contribution is 0.0676. The molecule has 0 spiro atoms. The lowest BCUT2D eigenvalue weighted by Gasteiger charge is -2.29. The van der Waals surface area contributed by atoms with Crippen molar-refractivity contribution in [2.24, 2.45) is 0 Å². The van der Waals surface area contributed by atoms with Gasteiger partial charge in [0, 0.05) is 12.6 Å². The first kappa shape index (κ1) is 21.2. The molecule has 0 aromatic heterocycles. The van der Waals surface area contributed by atoms with Crippen LogP contribution >= 0.6 is 0 Å². The third-order valence-corrected chi connectivity index (χ3v) is 6.66. The molecule has 0 radical (unpaired) electrons. The minimum absolute atomic E-state index is 0.00737. The zero-order valence-corrected chi connectivity index (χ0v) is 17.7. The van der Waals surface area contributed by atoms with Crippen molar-refractivity contribution < 1.29 is 22.7 Å². The summed E-state index contributed by atoms with van der Waals surface area (Å²) in [6.45, 7) is 5.14. The van der Waals surface area contributed by atoms with Crippen LogP contribution in [-0.2, 0) is 16.4 Å². The molecule has 0 aliphatic carbocycles. The summed E-state index contributed by atoms with van der Waals surface area (Å²) in [5, 5.41) is 0. The normalized spacial score (nSPS) is 17.7. The Balaban J connectivity index is 1.90. The molecule has 1 saturated heterocycles. The van der Waals surface area contributed by atoms with Crippen molar-refractivity contribution in [1.82, 2.24) is 4.90 Å². The van der Waals surface area contributed by atoms with Crippen LogP contribution in [0.2, 0.25) is 0 Å². The number of rotatable bonds is 8. The topological polar surface area (TPSA) is 72.9 Å². The second kappa shape index (κ2) is 9.31. The Morgan fingerprint density at radius 3 is 2.34 bits per heavy atom. The van der Waals surface area contributed by atoms with Crippen molar-refractivity contribution in [1.29, 1.82) is 0 Å². The second-order valence-electron chi connectivity index (χ2n) is 7.00. The van der Waals surface area contributed by atoms with Gasteiger partial charge >= 0.3 is 0 Å². The molecule has 1 heterocycles. The molecule has 156 valence electrons. The number of benzene rings is 2. The Morgan fingerprint density at radius 2 is 1.72 bits per heavy atom. The predicted molar refractivity (Wildman–Crippen MR) is 112 cm³/mol. The Kier molecular flexibility index (Phi) is 6.79. The molecular weight excluding hydrogens is 390 g/mol. The predicted octanol–water partition coefficient (Wildman–Crippen LogP) is 3.31. The van der Waals surface area contributed by atoms with Crippen LogP contribution in [0.4, 0.5) is 0 Å². The van der Waals surface area contributed by atoms with E-state index in [2.05, 4.69) is 0 Å². The van der Waals surface area contributed by atoms with Gasteiger partial charge in [-0.1, -0.05) is 24.3 Å². The number of hydrogen-bond acceptors (Lipinski definition) is 5. The summed E-state index contributed by atoms with van der Waals surface area (Å²) in [6.07, 6.45) is 0.446. The summed E-state index contributed by atoms with van der Waals surface area (Å²) < 4.78 is 35.2. The minimum atomic E-state index is -3.13. The van der Waals surface area contributed by atoms with E-state index in [0.29, 0.717) is 37.5 Å². The first-order valence-electron chi connectivity index (χ1n) is 9.88. The fourth-order valence-corrected chi connectivity index (χ4v) is 5.25. The van der Waals surface area contributed by atoms with E-state index in [1.54, 1.807) is 23.1 Å². The molecule has 6 nitrogen and oxygen atoms in total. The average molecular weight is 418 g/mol. The van der Waals surface area contributed by atoms with Crippen molar-refractivity contribution in [2.75, 3.05) is 24.7 Å². The fourth-order valence-electron chi connectivity index (χ4n) is 3.52. The summed E-state index contributed by atoms with van der Waals surface area (Å²) in [5.74, 6) is 1.16. The van der Waals surface area contributed by atoms with Gasteiger partial charge in [0.05, 0.1) is 30.3 Å². The first-order chi connectivity index (χ1) is 13.9. The van der Waals surface area contributed by atoms with Crippen LogP contribution < -0.4 is 9.47 Å². The maximum atomic E-state index is 13.4. The lowest BCUT2D eigenvalue weighted by Crippen LogP contribution is -2.40. The maximum absolute atomic E-state index is 13.4. The highest BCUT2D eigenvalue weighted by atomic mass is 32.2. The number of hydrogen-bond donors (Lipinski definition) is 0. The highest BCUT2D eigenvalue weighted by molar-refractivity contribution is 7.91. The van der Waals surface area contributed by atoms with Crippen molar-refractivity contribution in [3.63, 3.8) is 0 Å². The van der Waals surface area contributed by atoms with E-state index < -0.39 is 9.84 Å². The largest absolute Gasteiger partial charge is 0.494 e. The van der Waals surface area contributed by atoms with Crippen LogP contribution in [0.5, 0.6) is 11.5 Å². The number of nitrogens with zero attached hydrogens (tertiary/aromatic N) is 1. The SMILES string of the molecule is CCOc1ccc(CN(C(=O)c2ccccc2OCC)C2CCS(=O)(=O)C2)cc1. The van der Waals surface area contributed by atoms with Gasteiger partial charge in [0.1, 0.15) is 11.5 Å². The number of carbonyl (C=O) groups is 1. The summed E-state index contributed by atoms with van der Waals surface area (Å²) in [6, 6.07) is 14.3. The monoisotopic (exact) mass is 417 g/mol. The van der Waals surface area contributed by atoms with Gasteiger partial charge in [-0.3, -0.25) is 4.79 Å². The van der Waals surface area contributed by atoms with Gasteiger partial charge in [-0.15, -0.1) is 0 Å². The molecule has 1 amide bonds. The fraction of sp³-hybridized carbons (Fsp3) is 0.409. The molecule has 1 aliphatic heterocycles. The molecule has 1 atom stereocenters. The minimum Gasteiger partial charge on any atom is -0.494 e. The van der Waals surface area contributed by atoms with E-state index in [4.69, 9.17) is 9.47 Å². The Labute approximate surface area is 172 Å². The molecule has 3 rings (SSSR count). The van der Waals surface area contributed by atoms with Crippen LogP contribution in [0.1, 0.15) is 36.2 Å². The Hall–Kier alpha value is -2.54. The van der Waals surface area contributed by atoms with E-state index in [9.17, 15) is 13.2 Å². The zero-order valence-electron chi connectivity index (χ0n) is 16.8. The Bertz CT molecular complexity index is 940. The van der Waals surface area contributed by atoms with Crippen molar-refractivity contribution in [3.05, 3.63) is 59.7 Å². The molecule has 1 fully saturated rings. The van der Waals surface area contributed by atoms with Crippen molar-refractivity contribution >= 4 is 15.7 Å². The highest BCUT2D eigenvalue weighted by Gasteiger charge is 2.35. The number of ether oxygens (including phenoxy) is 2. The molecular formula is C22H27NO5S. The summed E-state index contributed by atoms with van der Waals surface area (Å²) >= 11 is 0. The molecule has 2 aromatic carbocycles. The number of para-hydroxylation sites is 1. The number of amides is 1. The van der Waals surface area contributed by atoms with Gasteiger partial charge in [-0.2, -0.15) is 0 Å². The van der Waals surface area contributed by atoms with Crippen LogP contribution in [0.3, 0.4) is 0 Å². The van der Waals surface area contributed by atoms with E-state index in [-0.39, 0.29) is 23.5 Å². The molecule has 0 saturated carbocycles. The molecule has 7 heteroatoms. The van der Waals surface area contributed by atoms with Crippen LogP contribution in [0, 0.1) is 0 Å². The molecule has 0 bridgehead atoms. The quantitative estimate of drug-likeness (QED) is 0.659. The highest BCUT2D eigenvalue weighted by Crippen LogP contribution is 2.26. The summed E-state index contributed by atoms with van der Waals surface area (Å²) in [4.78, 5) is 15.1. The van der Waals surface area contributed by atoms with Gasteiger partial charge in [-0.05, 0) is 50.1 Å². The third-order valence-electron chi connectivity index (χ3n) is 4.91. The van der Waals surface area contributed by atoms with E-state index in [1.165, 1.54) is 0 Å². The average Bonchev–Trinajstić information content (AvgIpc) is 3.07. The molecule has 29 heavy (non-hydrogen) atoms. The van der Waals surface area contributed by atoms with Crippen molar-refractivity contribution in [2.45, 2.75) is 32.9 Å². The molecule has 1 unspecified atom stereocenters. The smallest absolute Gasteiger partial charge is 0.258 e. The summed E-state index contributed by atoms with van der Waals surface area (Å²) in [7, 11) is -3.13. The maximum Gasteiger partial charge on any atom is 0.258 e. The first-order valence-corrected chi connectivity index (χ1v) is 11.7. The van der Waals surface area contributed by atoms with Gasteiger partial charge < -0.3 is 14.4 Å². The van der Waals surface area contributed by atoms with E-state index in [1.807, 2.05) is 44.2 Å². The van der Waals surface area contributed by atoms with Crippen LogP contribution in [0.25, 0.3) is 0 Å². The second-order valence-corrected chi connectivity index (χ2v) is 9.22. The zero-order chi connectivity index (χ0) is 20.9. The van der Waals surface area contributed by atoms with Crippen molar-refractivity contribution in [3.8, 4) is 11.5 Å². The Morgan fingerprint density at radius 1 is 1.03 bits per heavy atom. The van der Waals surface area contributed by atoms with Gasteiger partial charge in [0.25, 0.3) is 5.91 Å². The van der Waals surface area contributed by atoms with Gasteiger partial charge in [0.2, 0.25) is 0 Å². The van der Waals surface area contributed by atoms with Gasteiger partial charge in [-0.25, -0.2) is 8.42 Å². The summed E-state index contributed by atoms with van der Waals surface area (Å²) in [5.41, 5.74) is 1.37. The van der Waals surface area contributed by atoms with Crippen LogP contribution in [0.15, 0.2) is 48.5 Å². The van der Waals surface area contributed by atoms with E-state index in [0.717, 1.165) is 11.3 Å². The number of carbonyl (C=O) groups excluding carboxylic acids is 1. The van der Waals surface area contributed by atoms with Gasteiger partial charge in [0.15, 0.2) is 9.84 Å². The van der Waals surface area contributed by atoms with Crippen LogP contribution in [-0.4, -0.2) is 50.0 Å². The number of sulfone groups is 1. The third kappa shape index (κ3) is 5.29. The molecule has 2 aromatic rings.